The summed E-state index contributed by atoms with van der Waals surface area (Å²) in [5, 5.41) is 1.97. The van der Waals surface area contributed by atoms with Gasteiger partial charge in [0.1, 0.15) is 18.1 Å². The molecule has 2 rings (SSSR count). The van der Waals surface area contributed by atoms with E-state index in [4.69, 9.17) is 9.15 Å². The van der Waals surface area contributed by atoms with Gasteiger partial charge in [0.2, 0.25) is 5.89 Å². The zero-order valence-electron chi connectivity index (χ0n) is 11.8. The second-order valence-electron chi connectivity index (χ2n) is 4.37. The summed E-state index contributed by atoms with van der Waals surface area (Å²) >= 11 is 1.56. The molecule has 0 aliphatic heterocycles. The Morgan fingerprint density at radius 1 is 1.55 bits per heavy atom. The van der Waals surface area contributed by atoms with Gasteiger partial charge >= 0.3 is 5.97 Å². The minimum atomic E-state index is -0.313. The fourth-order valence-electron chi connectivity index (χ4n) is 1.70. The standard InChI is InChI=1S/C15H17NO3S/c1-4-6-10(2)15(17)18-9-12-11(3)19-14(16-12)13-7-5-8-20-13/h5-8H,4,9H2,1-3H3/b10-6-. The molecule has 0 saturated carbocycles. The predicted molar refractivity (Wildman–Crippen MR) is 78.4 cm³/mol. The van der Waals surface area contributed by atoms with Crippen LogP contribution in [0.1, 0.15) is 31.7 Å². The van der Waals surface area contributed by atoms with Crippen LogP contribution in [0.3, 0.4) is 0 Å². The van der Waals surface area contributed by atoms with Gasteiger partial charge in [0, 0.05) is 5.57 Å². The number of oxazole rings is 1. The summed E-state index contributed by atoms with van der Waals surface area (Å²) in [7, 11) is 0. The van der Waals surface area contributed by atoms with E-state index in [-0.39, 0.29) is 12.6 Å². The lowest BCUT2D eigenvalue weighted by atomic mass is 10.2. The fourth-order valence-corrected chi connectivity index (χ4v) is 2.35. The van der Waals surface area contributed by atoms with E-state index < -0.39 is 0 Å². The molecule has 0 atom stereocenters. The van der Waals surface area contributed by atoms with Crippen molar-refractivity contribution in [3.8, 4) is 10.8 Å². The summed E-state index contributed by atoms with van der Waals surface area (Å²) < 4.78 is 10.8. The Morgan fingerprint density at radius 3 is 3.00 bits per heavy atom. The van der Waals surface area contributed by atoms with E-state index in [0.29, 0.717) is 22.9 Å². The number of hydrogen-bond acceptors (Lipinski definition) is 5. The molecule has 4 nitrogen and oxygen atoms in total. The van der Waals surface area contributed by atoms with Crippen molar-refractivity contribution in [1.82, 2.24) is 4.98 Å². The predicted octanol–water partition coefficient (Wildman–Crippen LogP) is 4.11. The van der Waals surface area contributed by atoms with Gasteiger partial charge in [-0.2, -0.15) is 0 Å². The van der Waals surface area contributed by atoms with Crippen LogP contribution >= 0.6 is 11.3 Å². The van der Waals surface area contributed by atoms with Crippen LogP contribution in [0.2, 0.25) is 0 Å². The van der Waals surface area contributed by atoms with Crippen molar-refractivity contribution < 1.29 is 13.9 Å². The minimum Gasteiger partial charge on any atom is -0.456 e. The largest absolute Gasteiger partial charge is 0.456 e. The van der Waals surface area contributed by atoms with Gasteiger partial charge in [0.05, 0.1) is 4.88 Å². The Bertz CT molecular complexity index is 611. The number of carbonyl (C=O) groups is 1. The third kappa shape index (κ3) is 3.36. The average Bonchev–Trinajstić information content (AvgIpc) is 3.05. The molecule has 5 heteroatoms. The molecular weight excluding hydrogens is 274 g/mol. The molecule has 0 spiro atoms. The van der Waals surface area contributed by atoms with Crippen LogP contribution in [0.4, 0.5) is 0 Å². The quantitative estimate of drug-likeness (QED) is 0.614. The zero-order valence-corrected chi connectivity index (χ0v) is 12.6. The molecule has 2 aromatic rings. The molecule has 0 aliphatic carbocycles. The molecule has 0 aliphatic rings. The third-order valence-electron chi connectivity index (χ3n) is 2.80. The first kappa shape index (κ1) is 14.5. The molecule has 0 aromatic carbocycles. The van der Waals surface area contributed by atoms with E-state index in [1.165, 1.54) is 0 Å². The van der Waals surface area contributed by atoms with Gasteiger partial charge in [-0.3, -0.25) is 0 Å². The molecule has 0 radical (unpaired) electrons. The normalized spacial score (nSPS) is 11.7. The van der Waals surface area contributed by atoms with Crippen LogP contribution in [0.5, 0.6) is 0 Å². The first-order chi connectivity index (χ1) is 9.61. The van der Waals surface area contributed by atoms with Crippen LogP contribution in [-0.4, -0.2) is 11.0 Å². The highest BCUT2D eigenvalue weighted by atomic mass is 32.1. The number of rotatable bonds is 5. The van der Waals surface area contributed by atoms with E-state index in [1.54, 1.807) is 18.3 Å². The van der Waals surface area contributed by atoms with Gasteiger partial charge in [-0.25, -0.2) is 9.78 Å². The van der Waals surface area contributed by atoms with Crippen LogP contribution in [-0.2, 0) is 16.1 Å². The Balaban J connectivity index is 2.04. The number of ether oxygens (including phenoxy) is 1. The molecular formula is C15H17NO3S. The van der Waals surface area contributed by atoms with Gasteiger partial charge < -0.3 is 9.15 Å². The van der Waals surface area contributed by atoms with Crippen molar-refractivity contribution in [1.29, 1.82) is 0 Å². The van der Waals surface area contributed by atoms with Gasteiger partial charge in [0.25, 0.3) is 0 Å². The molecule has 106 valence electrons. The molecule has 0 saturated heterocycles. The Kier molecular flexibility index (Phi) is 4.74. The molecule has 0 fully saturated rings. The SMILES string of the molecule is CC/C=C(/C)C(=O)OCc1nc(-c2cccs2)oc1C. The number of hydrogen-bond donors (Lipinski definition) is 0. The molecule has 2 heterocycles. The Morgan fingerprint density at radius 2 is 2.35 bits per heavy atom. The van der Waals surface area contributed by atoms with Gasteiger partial charge in [-0.1, -0.05) is 19.1 Å². The summed E-state index contributed by atoms with van der Waals surface area (Å²) in [6.07, 6.45) is 2.65. The summed E-state index contributed by atoms with van der Waals surface area (Å²) in [6, 6.07) is 3.89. The number of esters is 1. The average molecular weight is 291 g/mol. The Labute approximate surface area is 122 Å². The number of aromatic nitrogens is 1. The van der Waals surface area contributed by atoms with Crippen molar-refractivity contribution >= 4 is 17.3 Å². The van der Waals surface area contributed by atoms with Crippen molar-refractivity contribution in [3.63, 3.8) is 0 Å². The maximum Gasteiger partial charge on any atom is 0.333 e. The minimum absolute atomic E-state index is 0.133. The summed E-state index contributed by atoms with van der Waals surface area (Å²) in [5.74, 6) is 0.939. The number of thiophene rings is 1. The van der Waals surface area contributed by atoms with Crippen LogP contribution in [0.25, 0.3) is 10.8 Å². The highest BCUT2D eigenvalue weighted by Crippen LogP contribution is 2.26. The number of aryl methyl sites for hydroxylation is 1. The van der Waals surface area contributed by atoms with E-state index in [9.17, 15) is 4.79 Å². The first-order valence-corrected chi connectivity index (χ1v) is 7.33. The van der Waals surface area contributed by atoms with Gasteiger partial charge in [-0.15, -0.1) is 11.3 Å². The van der Waals surface area contributed by atoms with E-state index in [2.05, 4.69) is 4.98 Å². The molecule has 0 bridgehead atoms. The molecule has 0 amide bonds. The number of allylic oxidation sites excluding steroid dienone is 1. The lowest BCUT2D eigenvalue weighted by Crippen LogP contribution is -2.06. The topological polar surface area (TPSA) is 52.3 Å². The third-order valence-corrected chi connectivity index (χ3v) is 3.65. The van der Waals surface area contributed by atoms with Crippen molar-refractivity contribution in [2.75, 3.05) is 0 Å². The van der Waals surface area contributed by atoms with Crippen LogP contribution in [0.15, 0.2) is 33.6 Å². The zero-order chi connectivity index (χ0) is 14.5. The van der Waals surface area contributed by atoms with Gasteiger partial charge in [0.15, 0.2) is 0 Å². The molecule has 0 unspecified atom stereocenters. The first-order valence-electron chi connectivity index (χ1n) is 6.46. The number of carbonyl (C=O) groups excluding carboxylic acids is 1. The summed E-state index contributed by atoms with van der Waals surface area (Å²) in [6.45, 7) is 5.68. The highest BCUT2D eigenvalue weighted by molar-refractivity contribution is 7.13. The summed E-state index contributed by atoms with van der Waals surface area (Å²) in [5.41, 5.74) is 1.28. The molecule has 2 aromatic heterocycles. The van der Waals surface area contributed by atoms with E-state index >= 15 is 0 Å². The second kappa shape index (κ2) is 6.52. The summed E-state index contributed by atoms with van der Waals surface area (Å²) in [4.78, 5) is 17.0. The maximum absolute atomic E-state index is 11.7. The van der Waals surface area contributed by atoms with E-state index in [1.807, 2.05) is 37.4 Å². The lowest BCUT2D eigenvalue weighted by molar-refractivity contribution is -0.140. The molecule has 20 heavy (non-hydrogen) atoms. The highest BCUT2D eigenvalue weighted by Gasteiger charge is 2.14. The monoisotopic (exact) mass is 291 g/mol. The van der Waals surface area contributed by atoms with Crippen molar-refractivity contribution in [3.05, 3.63) is 40.6 Å². The lowest BCUT2D eigenvalue weighted by Gasteiger charge is -2.02. The van der Waals surface area contributed by atoms with E-state index in [0.717, 1.165) is 11.3 Å². The second-order valence-corrected chi connectivity index (χ2v) is 5.32. The van der Waals surface area contributed by atoms with Gasteiger partial charge in [-0.05, 0) is 31.7 Å². The van der Waals surface area contributed by atoms with Crippen molar-refractivity contribution in [2.24, 2.45) is 0 Å². The Hall–Kier alpha value is -1.88. The van der Waals surface area contributed by atoms with Crippen LogP contribution in [0, 0.1) is 6.92 Å². The van der Waals surface area contributed by atoms with Crippen LogP contribution < -0.4 is 0 Å². The smallest absolute Gasteiger partial charge is 0.333 e. The fraction of sp³-hybridized carbons (Fsp3) is 0.333. The van der Waals surface area contributed by atoms with Crippen molar-refractivity contribution in [2.45, 2.75) is 33.8 Å². The maximum atomic E-state index is 11.7. The molecule has 0 N–H and O–H groups in total. The number of nitrogens with zero attached hydrogens (tertiary/aromatic N) is 1.